The van der Waals surface area contributed by atoms with Crippen molar-refractivity contribution in [3.8, 4) is 11.4 Å². The minimum Gasteiger partial charge on any atom is -0.229 e. The van der Waals surface area contributed by atoms with Crippen molar-refractivity contribution in [3.63, 3.8) is 0 Å². The molecule has 1 saturated heterocycles. The number of tetrazole rings is 1. The molecule has 0 bridgehead atoms. The van der Waals surface area contributed by atoms with E-state index < -0.39 is 10.0 Å². The van der Waals surface area contributed by atoms with E-state index in [1.54, 1.807) is 34.2 Å². The topological polar surface area (TPSA) is 81.0 Å². The number of nitrogens with zero attached hydrogens (tertiary/aromatic N) is 5. The normalized spacial score (nSPS) is 22.8. The van der Waals surface area contributed by atoms with Gasteiger partial charge in [0.15, 0.2) is 5.82 Å². The molecular formula is C19H27N5O2S. The molecule has 1 aliphatic heterocycles. The summed E-state index contributed by atoms with van der Waals surface area (Å²) in [5, 5.41) is 11.5. The van der Waals surface area contributed by atoms with Crippen molar-refractivity contribution in [2.45, 2.75) is 49.8 Å². The van der Waals surface area contributed by atoms with Crippen LogP contribution in [0.2, 0.25) is 0 Å². The van der Waals surface area contributed by atoms with Crippen molar-refractivity contribution in [2.24, 2.45) is 18.9 Å². The van der Waals surface area contributed by atoms with E-state index in [4.69, 9.17) is 0 Å². The van der Waals surface area contributed by atoms with Crippen molar-refractivity contribution < 1.29 is 8.42 Å². The van der Waals surface area contributed by atoms with Crippen LogP contribution in [0.3, 0.4) is 0 Å². The average Bonchev–Trinajstić information content (AvgIpc) is 3.15. The molecule has 1 aromatic carbocycles. The summed E-state index contributed by atoms with van der Waals surface area (Å²) in [6.07, 6.45) is 8.54. The fraction of sp³-hybridized carbons (Fsp3) is 0.632. The number of piperidine rings is 1. The predicted molar refractivity (Wildman–Crippen MR) is 102 cm³/mol. The van der Waals surface area contributed by atoms with E-state index in [2.05, 4.69) is 15.5 Å². The highest BCUT2D eigenvalue weighted by Crippen LogP contribution is 2.36. The largest absolute Gasteiger partial charge is 0.243 e. The van der Waals surface area contributed by atoms with Gasteiger partial charge in [-0.25, -0.2) is 13.1 Å². The Morgan fingerprint density at radius 1 is 1.04 bits per heavy atom. The molecule has 2 heterocycles. The second-order valence-electron chi connectivity index (χ2n) is 7.82. The highest BCUT2D eigenvalue weighted by molar-refractivity contribution is 7.89. The maximum atomic E-state index is 13.3. The molecule has 2 fully saturated rings. The summed E-state index contributed by atoms with van der Waals surface area (Å²) >= 11 is 0. The Morgan fingerprint density at radius 3 is 2.56 bits per heavy atom. The quantitative estimate of drug-likeness (QED) is 0.803. The number of rotatable bonds is 4. The Hall–Kier alpha value is -1.80. The van der Waals surface area contributed by atoms with Gasteiger partial charge in [-0.3, -0.25) is 0 Å². The molecule has 1 aliphatic carbocycles. The van der Waals surface area contributed by atoms with E-state index in [0.29, 0.717) is 41.2 Å². The smallest absolute Gasteiger partial charge is 0.229 e. The maximum Gasteiger partial charge on any atom is 0.243 e. The number of hydrogen-bond donors (Lipinski definition) is 0. The molecule has 0 spiro atoms. The molecule has 1 unspecified atom stereocenters. The van der Waals surface area contributed by atoms with E-state index in [1.165, 1.54) is 32.1 Å². The van der Waals surface area contributed by atoms with Crippen molar-refractivity contribution in [1.29, 1.82) is 0 Å². The van der Waals surface area contributed by atoms with Gasteiger partial charge >= 0.3 is 0 Å². The van der Waals surface area contributed by atoms with E-state index in [1.807, 2.05) is 6.07 Å². The Kier molecular flexibility index (Phi) is 5.27. The lowest BCUT2D eigenvalue weighted by Crippen LogP contribution is -2.42. The van der Waals surface area contributed by atoms with Gasteiger partial charge in [0.2, 0.25) is 10.0 Å². The molecule has 4 rings (SSSR count). The summed E-state index contributed by atoms with van der Waals surface area (Å²) < 4.78 is 29.8. The average molecular weight is 390 g/mol. The molecule has 0 N–H and O–H groups in total. The van der Waals surface area contributed by atoms with Crippen LogP contribution in [0, 0.1) is 11.8 Å². The summed E-state index contributed by atoms with van der Waals surface area (Å²) in [6.45, 7) is 1.27. The zero-order chi connectivity index (χ0) is 18.9. The van der Waals surface area contributed by atoms with Crippen molar-refractivity contribution >= 4 is 10.0 Å². The van der Waals surface area contributed by atoms with Crippen LogP contribution in [0.1, 0.15) is 44.9 Å². The lowest BCUT2D eigenvalue weighted by molar-refractivity contribution is 0.165. The van der Waals surface area contributed by atoms with Crippen LogP contribution >= 0.6 is 0 Å². The number of benzene rings is 1. The van der Waals surface area contributed by atoms with Gasteiger partial charge in [0, 0.05) is 25.7 Å². The number of sulfonamides is 1. The fourth-order valence-electron chi connectivity index (χ4n) is 4.60. The second kappa shape index (κ2) is 7.67. The van der Waals surface area contributed by atoms with Gasteiger partial charge in [-0.2, -0.15) is 4.31 Å². The Bertz CT molecular complexity index is 889. The van der Waals surface area contributed by atoms with Crippen LogP contribution in [0.4, 0.5) is 0 Å². The SMILES string of the molecule is Cn1nnnc1-c1cccc(S(=O)(=O)N2CCCC(C3CCCCC3)C2)c1. The van der Waals surface area contributed by atoms with Gasteiger partial charge in [0.05, 0.1) is 4.90 Å². The van der Waals surface area contributed by atoms with Crippen molar-refractivity contribution in [1.82, 2.24) is 24.5 Å². The molecule has 0 radical (unpaired) electrons. The first-order valence-electron chi connectivity index (χ1n) is 9.88. The second-order valence-corrected chi connectivity index (χ2v) is 9.76. The van der Waals surface area contributed by atoms with Gasteiger partial charge in [0.25, 0.3) is 0 Å². The van der Waals surface area contributed by atoms with Crippen LogP contribution in [-0.2, 0) is 17.1 Å². The highest BCUT2D eigenvalue weighted by atomic mass is 32.2. The number of hydrogen-bond acceptors (Lipinski definition) is 5. The van der Waals surface area contributed by atoms with Crippen LogP contribution in [0.5, 0.6) is 0 Å². The minimum atomic E-state index is -3.50. The van der Waals surface area contributed by atoms with E-state index in [0.717, 1.165) is 12.8 Å². The molecule has 2 aromatic rings. The van der Waals surface area contributed by atoms with Gasteiger partial charge in [0.1, 0.15) is 0 Å². The fourth-order valence-corrected chi connectivity index (χ4v) is 6.18. The lowest BCUT2D eigenvalue weighted by atomic mass is 9.77. The zero-order valence-corrected chi connectivity index (χ0v) is 16.6. The summed E-state index contributed by atoms with van der Waals surface area (Å²) in [5.41, 5.74) is 0.712. The molecule has 0 amide bonds. The first kappa shape index (κ1) is 18.6. The predicted octanol–water partition coefficient (Wildman–Crippen LogP) is 2.86. The van der Waals surface area contributed by atoms with Crippen LogP contribution in [0.25, 0.3) is 11.4 Å². The van der Waals surface area contributed by atoms with Crippen LogP contribution < -0.4 is 0 Å². The van der Waals surface area contributed by atoms with Gasteiger partial charge in [-0.1, -0.05) is 44.2 Å². The minimum absolute atomic E-state index is 0.326. The first-order valence-corrected chi connectivity index (χ1v) is 11.3. The summed E-state index contributed by atoms with van der Waals surface area (Å²) in [4.78, 5) is 0.326. The first-order chi connectivity index (χ1) is 13.1. The standard InChI is InChI=1S/C19H27N5O2S/c1-23-19(20-21-22-23)16-9-5-11-18(13-16)27(25,26)24-12-6-10-17(14-24)15-7-3-2-4-8-15/h5,9,11,13,15,17H,2-4,6-8,10,12,14H2,1H3. The molecule has 146 valence electrons. The molecule has 1 atom stereocenters. The Balaban J connectivity index is 1.56. The summed E-state index contributed by atoms with van der Waals surface area (Å²) in [6, 6.07) is 6.96. The van der Waals surface area contributed by atoms with Gasteiger partial charge in [-0.05, 0) is 47.2 Å². The molecular weight excluding hydrogens is 362 g/mol. The molecule has 27 heavy (non-hydrogen) atoms. The third-order valence-corrected chi connectivity index (χ3v) is 7.95. The van der Waals surface area contributed by atoms with E-state index in [9.17, 15) is 8.42 Å². The third-order valence-electron chi connectivity index (χ3n) is 6.09. The molecule has 2 aliphatic rings. The third kappa shape index (κ3) is 3.78. The summed E-state index contributed by atoms with van der Waals surface area (Å²) in [7, 11) is -1.76. The molecule has 1 aromatic heterocycles. The van der Waals surface area contributed by atoms with E-state index in [-0.39, 0.29) is 0 Å². The molecule has 1 saturated carbocycles. The number of aryl methyl sites for hydroxylation is 1. The van der Waals surface area contributed by atoms with Gasteiger partial charge < -0.3 is 0 Å². The van der Waals surface area contributed by atoms with E-state index >= 15 is 0 Å². The molecule has 7 nitrogen and oxygen atoms in total. The lowest BCUT2D eigenvalue weighted by Gasteiger charge is -2.37. The molecule has 8 heteroatoms. The van der Waals surface area contributed by atoms with Gasteiger partial charge in [-0.15, -0.1) is 5.10 Å². The summed E-state index contributed by atoms with van der Waals surface area (Å²) in [5.74, 6) is 1.75. The Morgan fingerprint density at radius 2 is 1.81 bits per heavy atom. The number of aromatic nitrogens is 4. The van der Waals surface area contributed by atoms with Crippen molar-refractivity contribution in [2.75, 3.05) is 13.1 Å². The Labute approximate surface area is 160 Å². The highest BCUT2D eigenvalue weighted by Gasteiger charge is 2.34. The van der Waals surface area contributed by atoms with Crippen LogP contribution in [0.15, 0.2) is 29.2 Å². The zero-order valence-electron chi connectivity index (χ0n) is 15.8. The maximum absolute atomic E-state index is 13.3. The monoisotopic (exact) mass is 389 g/mol. The van der Waals surface area contributed by atoms with Crippen molar-refractivity contribution in [3.05, 3.63) is 24.3 Å². The van der Waals surface area contributed by atoms with Crippen LogP contribution in [-0.4, -0.2) is 46.0 Å².